The average molecular weight is 400 g/mol. The van der Waals surface area contributed by atoms with Crippen molar-refractivity contribution >= 4 is 11.6 Å². The molecule has 4 heteroatoms. The first kappa shape index (κ1) is 18.9. The third kappa shape index (κ3) is 3.63. The van der Waals surface area contributed by atoms with Gasteiger partial charge in [0.1, 0.15) is 17.3 Å². The van der Waals surface area contributed by atoms with Crippen LogP contribution in [0.25, 0.3) is 33.8 Å². The molecule has 1 N–H and O–H groups in total. The Hall–Kier alpha value is -3.48. The Morgan fingerprint density at radius 1 is 0.897 bits per heavy atom. The predicted octanol–water partition coefficient (Wildman–Crippen LogP) is 7.01. The zero-order valence-electron chi connectivity index (χ0n) is 15.8. The lowest BCUT2D eigenvalue weighted by atomic mass is 9.93. The Kier molecular flexibility index (Phi) is 5.12. The summed E-state index contributed by atoms with van der Waals surface area (Å²) in [5.41, 5.74) is 5.09. The molecule has 4 rings (SSSR count). The summed E-state index contributed by atoms with van der Waals surface area (Å²) < 4.78 is 6.32. The average Bonchev–Trinajstić information content (AvgIpc) is 3.09. The molecule has 0 radical (unpaired) electrons. The topological polar surface area (TPSA) is 57.2 Å². The van der Waals surface area contributed by atoms with E-state index in [9.17, 15) is 10.4 Å². The van der Waals surface area contributed by atoms with E-state index in [0.29, 0.717) is 22.1 Å². The highest BCUT2D eigenvalue weighted by molar-refractivity contribution is 6.30. The molecule has 0 aliphatic carbocycles. The van der Waals surface area contributed by atoms with Gasteiger partial charge >= 0.3 is 0 Å². The largest absolute Gasteiger partial charge is 0.507 e. The predicted molar refractivity (Wildman–Crippen MR) is 116 cm³/mol. The van der Waals surface area contributed by atoms with Crippen molar-refractivity contribution in [1.82, 2.24) is 0 Å². The van der Waals surface area contributed by atoms with Crippen molar-refractivity contribution in [3.05, 3.63) is 88.9 Å². The normalized spacial score (nSPS) is 10.7. The van der Waals surface area contributed by atoms with Crippen LogP contribution in [-0.4, -0.2) is 5.11 Å². The minimum Gasteiger partial charge on any atom is -0.507 e. The van der Waals surface area contributed by atoms with Crippen LogP contribution in [0.5, 0.6) is 5.75 Å². The van der Waals surface area contributed by atoms with Crippen molar-refractivity contribution in [3.8, 4) is 45.6 Å². The van der Waals surface area contributed by atoms with E-state index in [-0.39, 0.29) is 12.2 Å². The van der Waals surface area contributed by atoms with E-state index < -0.39 is 0 Å². The minimum atomic E-state index is 0.126. The van der Waals surface area contributed by atoms with Crippen LogP contribution < -0.4 is 0 Å². The van der Waals surface area contributed by atoms with E-state index in [1.807, 2.05) is 55.5 Å². The monoisotopic (exact) mass is 399 g/mol. The Morgan fingerprint density at radius 3 is 2.21 bits per heavy atom. The van der Waals surface area contributed by atoms with Crippen LogP contribution in [0.3, 0.4) is 0 Å². The summed E-state index contributed by atoms with van der Waals surface area (Å²) in [6, 6.07) is 24.7. The van der Waals surface area contributed by atoms with Gasteiger partial charge in [0.25, 0.3) is 0 Å². The number of rotatable bonds is 4. The van der Waals surface area contributed by atoms with Crippen molar-refractivity contribution in [2.45, 2.75) is 13.3 Å². The molecule has 4 aromatic rings. The molecule has 0 amide bonds. The highest BCUT2D eigenvalue weighted by atomic mass is 35.5. The summed E-state index contributed by atoms with van der Waals surface area (Å²) >= 11 is 6.05. The summed E-state index contributed by atoms with van der Waals surface area (Å²) in [6.45, 7) is 2.03. The molecule has 142 valence electrons. The van der Waals surface area contributed by atoms with Gasteiger partial charge in [-0.25, -0.2) is 0 Å². The fourth-order valence-corrected chi connectivity index (χ4v) is 3.55. The van der Waals surface area contributed by atoms with Gasteiger partial charge in [0, 0.05) is 21.7 Å². The molecule has 0 saturated heterocycles. The van der Waals surface area contributed by atoms with Crippen LogP contribution >= 0.6 is 11.6 Å². The quantitative estimate of drug-likeness (QED) is 0.401. The molecular formula is C25H18ClNO2. The Labute approximate surface area is 174 Å². The van der Waals surface area contributed by atoms with Gasteiger partial charge in [-0.1, -0.05) is 53.6 Å². The van der Waals surface area contributed by atoms with Gasteiger partial charge in [-0.05, 0) is 48.9 Å². The number of furan rings is 1. The van der Waals surface area contributed by atoms with Crippen LogP contribution in [0.2, 0.25) is 5.02 Å². The maximum Gasteiger partial charge on any atom is 0.146 e. The lowest BCUT2D eigenvalue weighted by molar-refractivity contribution is 0.474. The van der Waals surface area contributed by atoms with Gasteiger partial charge in [0.05, 0.1) is 18.1 Å². The molecule has 0 aliphatic heterocycles. The van der Waals surface area contributed by atoms with Gasteiger partial charge in [0.2, 0.25) is 0 Å². The zero-order chi connectivity index (χ0) is 20.4. The highest BCUT2D eigenvalue weighted by Gasteiger charge is 2.25. The first-order valence-electron chi connectivity index (χ1n) is 9.22. The Bertz CT molecular complexity index is 1200. The van der Waals surface area contributed by atoms with Crippen LogP contribution in [0.4, 0.5) is 0 Å². The van der Waals surface area contributed by atoms with Gasteiger partial charge in [-0.3, -0.25) is 0 Å². The molecule has 0 atom stereocenters. The fourth-order valence-electron chi connectivity index (χ4n) is 3.43. The molecule has 1 aromatic heterocycles. The number of hydrogen-bond acceptors (Lipinski definition) is 3. The van der Waals surface area contributed by atoms with Crippen LogP contribution in [0, 0.1) is 18.3 Å². The highest BCUT2D eigenvalue weighted by Crippen LogP contribution is 2.45. The Morgan fingerprint density at radius 2 is 1.55 bits per heavy atom. The number of phenols is 1. The second kappa shape index (κ2) is 7.87. The smallest absolute Gasteiger partial charge is 0.146 e. The standard InChI is InChI=1S/C25H18ClNO2/c1-16-6-8-17(9-7-16)23-21(14-15-27)24(18-10-12-19(26)13-11-18)29-25(23)20-4-2-3-5-22(20)28/h2-13,28H,14H2,1H3. The van der Waals surface area contributed by atoms with Crippen LogP contribution in [0.1, 0.15) is 11.1 Å². The van der Waals surface area contributed by atoms with E-state index in [1.165, 1.54) is 0 Å². The SMILES string of the molecule is Cc1ccc(-c2c(-c3ccccc3O)oc(-c3ccc(Cl)cc3)c2CC#N)cc1. The van der Waals surface area contributed by atoms with E-state index in [4.69, 9.17) is 16.0 Å². The van der Waals surface area contributed by atoms with E-state index in [0.717, 1.165) is 27.8 Å². The third-order valence-electron chi connectivity index (χ3n) is 4.86. The van der Waals surface area contributed by atoms with E-state index >= 15 is 0 Å². The third-order valence-corrected chi connectivity index (χ3v) is 5.11. The molecule has 1 heterocycles. The molecule has 3 nitrogen and oxygen atoms in total. The molecule has 0 unspecified atom stereocenters. The number of nitriles is 1. The molecule has 0 spiro atoms. The molecule has 29 heavy (non-hydrogen) atoms. The number of para-hydroxylation sites is 1. The van der Waals surface area contributed by atoms with Gasteiger partial charge in [-0.2, -0.15) is 5.26 Å². The summed E-state index contributed by atoms with van der Waals surface area (Å²) in [4.78, 5) is 0. The molecule has 0 aliphatic rings. The zero-order valence-corrected chi connectivity index (χ0v) is 16.6. The minimum absolute atomic E-state index is 0.126. The van der Waals surface area contributed by atoms with Crippen molar-refractivity contribution in [2.75, 3.05) is 0 Å². The van der Waals surface area contributed by atoms with Crippen LogP contribution in [-0.2, 0) is 6.42 Å². The number of aromatic hydroxyl groups is 1. The summed E-state index contributed by atoms with van der Waals surface area (Å²) in [6.07, 6.45) is 0.179. The van der Waals surface area contributed by atoms with Crippen LogP contribution in [0.15, 0.2) is 77.2 Å². The summed E-state index contributed by atoms with van der Waals surface area (Å²) in [7, 11) is 0. The second-order valence-corrected chi connectivity index (χ2v) is 7.28. The number of hydrogen-bond donors (Lipinski definition) is 1. The molecule has 0 saturated carbocycles. The second-order valence-electron chi connectivity index (χ2n) is 6.84. The van der Waals surface area contributed by atoms with Gasteiger partial charge in [0.15, 0.2) is 0 Å². The van der Waals surface area contributed by atoms with Gasteiger partial charge < -0.3 is 9.52 Å². The summed E-state index contributed by atoms with van der Waals surface area (Å²) in [5.74, 6) is 1.28. The van der Waals surface area contributed by atoms with Crippen molar-refractivity contribution in [1.29, 1.82) is 5.26 Å². The number of halogens is 1. The molecule has 3 aromatic carbocycles. The maximum atomic E-state index is 10.5. The maximum absolute atomic E-state index is 10.5. The molecular weight excluding hydrogens is 382 g/mol. The molecule has 0 fully saturated rings. The number of nitrogens with zero attached hydrogens (tertiary/aromatic N) is 1. The lowest BCUT2D eigenvalue weighted by Gasteiger charge is -2.07. The number of aryl methyl sites for hydroxylation is 1. The first-order valence-corrected chi connectivity index (χ1v) is 9.60. The Balaban J connectivity index is 2.05. The van der Waals surface area contributed by atoms with E-state index in [2.05, 4.69) is 6.07 Å². The van der Waals surface area contributed by atoms with Crippen molar-refractivity contribution in [2.24, 2.45) is 0 Å². The van der Waals surface area contributed by atoms with Crippen molar-refractivity contribution < 1.29 is 9.52 Å². The number of benzene rings is 3. The van der Waals surface area contributed by atoms with Crippen molar-refractivity contribution in [3.63, 3.8) is 0 Å². The fraction of sp³-hybridized carbons (Fsp3) is 0.0800. The first-order chi connectivity index (χ1) is 14.1. The van der Waals surface area contributed by atoms with Gasteiger partial charge in [-0.15, -0.1) is 0 Å². The number of phenolic OH excluding ortho intramolecular Hbond substituents is 1. The molecule has 0 bridgehead atoms. The van der Waals surface area contributed by atoms with E-state index in [1.54, 1.807) is 24.3 Å². The lowest BCUT2D eigenvalue weighted by Crippen LogP contribution is -1.89. The summed E-state index contributed by atoms with van der Waals surface area (Å²) in [5, 5.41) is 20.6.